The third-order valence-electron chi connectivity index (χ3n) is 2.96. The van der Waals surface area contributed by atoms with Gasteiger partial charge in [0.15, 0.2) is 5.78 Å². The van der Waals surface area contributed by atoms with Crippen molar-refractivity contribution in [2.24, 2.45) is 5.73 Å². The summed E-state index contributed by atoms with van der Waals surface area (Å²) in [5.41, 5.74) is 6.10. The largest absolute Gasteiger partial charge is 0.357 e. The molecule has 7 heteroatoms. The lowest BCUT2D eigenvalue weighted by atomic mass is 10.2. The molecule has 0 fully saturated rings. The Balaban J connectivity index is 3.04. The maximum absolute atomic E-state index is 13.0. The van der Waals surface area contributed by atoms with Gasteiger partial charge in [-0.1, -0.05) is 30.3 Å². The first-order valence-electron chi connectivity index (χ1n) is 7.50. The predicted molar refractivity (Wildman–Crippen MR) is 86.5 cm³/mol. The summed E-state index contributed by atoms with van der Waals surface area (Å²) in [4.78, 5) is 12.0. The fourth-order valence-electron chi connectivity index (χ4n) is 2.01. The van der Waals surface area contributed by atoms with Gasteiger partial charge in [0.25, 0.3) is 0 Å². The molecule has 1 atom stereocenters. The monoisotopic (exact) mass is 328 g/mol. The molecular formula is C15H25N2O4P. The van der Waals surface area contributed by atoms with Gasteiger partial charge in [0, 0.05) is 6.42 Å². The smallest absolute Gasteiger partial charge is 0.338 e. The predicted octanol–water partition coefficient (Wildman–Crippen LogP) is 2.81. The van der Waals surface area contributed by atoms with Crippen molar-refractivity contribution < 1.29 is 18.4 Å². The van der Waals surface area contributed by atoms with E-state index in [0.29, 0.717) is 18.5 Å². The first kappa shape index (κ1) is 18.8. The molecule has 1 aromatic carbocycles. The third-order valence-corrected chi connectivity index (χ3v) is 5.25. The van der Waals surface area contributed by atoms with Crippen LogP contribution in [0.4, 0.5) is 0 Å². The molecular weight excluding hydrogens is 303 g/mol. The Morgan fingerprint density at radius 1 is 1.23 bits per heavy atom. The van der Waals surface area contributed by atoms with Crippen LogP contribution >= 0.6 is 7.60 Å². The molecule has 0 heterocycles. The van der Waals surface area contributed by atoms with E-state index in [0.717, 1.165) is 0 Å². The number of carbonyl (C=O) groups is 1. The summed E-state index contributed by atoms with van der Waals surface area (Å²) in [6, 6.07) is 9.06. The van der Waals surface area contributed by atoms with Crippen molar-refractivity contribution in [3.05, 3.63) is 35.9 Å². The summed E-state index contributed by atoms with van der Waals surface area (Å²) < 4.78 is 23.8. The number of nitrogens with two attached hydrogens (primary N) is 1. The third kappa shape index (κ3) is 5.54. The summed E-state index contributed by atoms with van der Waals surface area (Å²) in [6.45, 7) is 4.38. The number of carbonyl (C=O) groups excluding carboxylic acids is 1. The molecule has 0 saturated carbocycles. The van der Waals surface area contributed by atoms with Gasteiger partial charge < -0.3 is 20.1 Å². The second-order valence-corrected chi connectivity index (χ2v) is 6.76. The Morgan fingerprint density at radius 2 is 1.82 bits per heavy atom. The summed E-state index contributed by atoms with van der Waals surface area (Å²) in [6.07, 6.45) is 0.846. The highest BCUT2D eigenvalue weighted by Gasteiger charge is 2.37. The molecule has 1 aromatic rings. The number of benzene rings is 1. The van der Waals surface area contributed by atoms with Gasteiger partial charge in [-0.05, 0) is 32.4 Å². The van der Waals surface area contributed by atoms with Gasteiger partial charge in [0.2, 0.25) is 5.91 Å². The Morgan fingerprint density at radius 3 is 2.32 bits per heavy atom. The quantitative estimate of drug-likeness (QED) is 0.645. The van der Waals surface area contributed by atoms with Gasteiger partial charge in [0.05, 0.1) is 13.2 Å². The molecule has 0 aliphatic heterocycles. The van der Waals surface area contributed by atoms with Crippen LogP contribution in [0.5, 0.6) is 0 Å². The van der Waals surface area contributed by atoms with Gasteiger partial charge in [-0.2, -0.15) is 0 Å². The first-order chi connectivity index (χ1) is 10.6. The van der Waals surface area contributed by atoms with Gasteiger partial charge in [-0.15, -0.1) is 0 Å². The molecule has 0 saturated heterocycles. The van der Waals surface area contributed by atoms with Crippen molar-refractivity contribution in [2.45, 2.75) is 32.5 Å². The number of nitrogens with one attached hydrogen (secondary N) is 1. The summed E-state index contributed by atoms with van der Waals surface area (Å²) in [7, 11) is -3.50. The van der Waals surface area contributed by atoms with E-state index in [9.17, 15) is 9.36 Å². The molecule has 22 heavy (non-hydrogen) atoms. The number of hydrogen-bond acceptors (Lipinski definition) is 5. The highest BCUT2D eigenvalue weighted by molar-refractivity contribution is 7.54. The summed E-state index contributed by atoms with van der Waals surface area (Å²) in [5.74, 6) is -1.04. The van der Waals surface area contributed by atoms with Crippen LogP contribution in [0.3, 0.4) is 0 Å². The van der Waals surface area contributed by atoms with Gasteiger partial charge in [-0.3, -0.25) is 9.36 Å². The fraction of sp³-hybridized carbons (Fsp3) is 0.533. The highest BCUT2D eigenvalue weighted by Crippen LogP contribution is 2.59. The van der Waals surface area contributed by atoms with Gasteiger partial charge in [0.1, 0.15) is 0 Å². The van der Waals surface area contributed by atoms with Crippen LogP contribution in [0, 0.1) is 0 Å². The van der Waals surface area contributed by atoms with Crippen LogP contribution in [-0.4, -0.2) is 25.7 Å². The van der Waals surface area contributed by atoms with E-state index in [4.69, 9.17) is 14.8 Å². The van der Waals surface area contributed by atoms with Crippen molar-refractivity contribution in [1.82, 2.24) is 5.32 Å². The maximum atomic E-state index is 13.0. The molecule has 0 bridgehead atoms. The van der Waals surface area contributed by atoms with E-state index in [1.54, 1.807) is 26.0 Å². The second kappa shape index (κ2) is 9.74. The van der Waals surface area contributed by atoms with Crippen molar-refractivity contribution in [3.8, 4) is 0 Å². The average Bonchev–Trinajstić information content (AvgIpc) is 2.52. The standard InChI is InChI=1S/C15H25N2O4P/c1-3-20-22(19,21-4-2)15(13-9-6-5-7-10-13)17-14(18)11-8-12-16/h5-7,9-10,15H,3-4,8,11-12,16H2,1-2H3,(H,17,18)/t15-/m0/s1. The minimum Gasteiger partial charge on any atom is -0.338 e. The molecule has 0 aliphatic carbocycles. The molecule has 0 spiro atoms. The fourth-order valence-corrected chi connectivity index (χ4v) is 3.95. The van der Waals surface area contributed by atoms with Crippen LogP contribution in [0.25, 0.3) is 0 Å². The Bertz CT molecular complexity index is 486. The zero-order chi connectivity index (χ0) is 16.4. The average molecular weight is 328 g/mol. The minimum atomic E-state index is -3.50. The number of amides is 1. The molecule has 1 rings (SSSR count). The van der Waals surface area contributed by atoms with Crippen molar-refractivity contribution in [2.75, 3.05) is 19.8 Å². The van der Waals surface area contributed by atoms with E-state index in [-0.39, 0.29) is 25.5 Å². The lowest BCUT2D eigenvalue weighted by Gasteiger charge is -2.27. The zero-order valence-corrected chi connectivity index (χ0v) is 14.1. The van der Waals surface area contributed by atoms with Crippen LogP contribution in [0.2, 0.25) is 0 Å². The van der Waals surface area contributed by atoms with E-state index < -0.39 is 13.4 Å². The topological polar surface area (TPSA) is 90.6 Å². The van der Waals surface area contributed by atoms with Crippen LogP contribution in [0.1, 0.15) is 38.0 Å². The lowest BCUT2D eigenvalue weighted by Crippen LogP contribution is -2.30. The normalized spacial score (nSPS) is 12.9. The lowest BCUT2D eigenvalue weighted by molar-refractivity contribution is -0.121. The molecule has 0 radical (unpaired) electrons. The minimum absolute atomic E-state index is 0.223. The van der Waals surface area contributed by atoms with Crippen molar-refractivity contribution in [1.29, 1.82) is 0 Å². The first-order valence-corrected chi connectivity index (χ1v) is 9.11. The molecule has 0 unspecified atom stereocenters. The van der Waals surface area contributed by atoms with Crippen molar-refractivity contribution >= 4 is 13.5 Å². The number of hydrogen-bond donors (Lipinski definition) is 2. The zero-order valence-electron chi connectivity index (χ0n) is 13.2. The van der Waals surface area contributed by atoms with Gasteiger partial charge in [-0.25, -0.2) is 0 Å². The van der Waals surface area contributed by atoms with E-state index in [1.807, 2.05) is 18.2 Å². The van der Waals surface area contributed by atoms with Crippen LogP contribution in [-0.2, 0) is 18.4 Å². The molecule has 3 N–H and O–H groups in total. The van der Waals surface area contributed by atoms with Gasteiger partial charge >= 0.3 is 7.60 Å². The molecule has 0 aliphatic rings. The molecule has 0 aromatic heterocycles. The van der Waals surface area contributed by atoms with Crippen molar-refractivity contribution in [3.63, 3.8) is 0 Å². The highest BCUT2D eigenvalue weighted by atomic mass is 31.2. The number of rotatable bonds is 10. The Kier molecular flexibility index (Phi) is 8.35. The van der Waals surface area contributed by atoms with E-state index in [2.05, 4.69) is 5.32 Å². The Labute approximate surface area is 131 Å². The summed E-state index contributed by atoms with van der Waals surface area (Å²) in [5, 5.41) is 2.77. The summed E-state index contributed by atoms with van der Waals surface area (Å²) >= 11 is 0. The van der Waals surface area contributed by atoms with Crippen LogP contribution in [0.15, 0.2) is 30.3 Å². The second-order valence-electron chi connectivity index (χ2n) is 4.65. The molecule has 1 amide bonds. The molecule has 6 nitrogen and oxygen atoms in total. The van der Waals surface area contributed by atoms with E-state index >= 15 is 0 Å². The van der Waals surface area contributed by atoms with Crippen LogP contribution < -0.4 is 11.1 Å². The maximum Gasteiger partial charge on any atom is 0.357 e. The molecule has 124 valence electrons. The SMILES string of the molecule is CCOP(=O)(OCC)[C@H](NC(=O)CCCN)c1ccccc1. The van der Waals surface area contributed by atoms with E-state index in [1.165, 1.54) is 0 Å². The Hall–Kier alpha value is -1.20.